The molecule has 0 spiro atoms. The molecule has 0 aliphatic carbocycles. The van der Waals surface area contributed by atoms with Gasteiger partial charge in [0.2, 0.25) is 5.91 Å². The zero-order valence-corrected chi connectivity index (χ0v) is 13.1. The van der Waals surface area contributed by atoms with Crippen LogP contribution in [0.4, 0.5) is 11.4 Å². The van der Waals surface area contributed by atoms with Gasteiger partial charge in [-0.15, -0.1) is 0 Å². The summed E-state index contributed by atoms with van der Waals surface area (Å²) in [6.45, 7) is 4.99. The first-order chi connectivity index (χ1) is 10.2. The molecule has 21 heavy (non-hydrogen) atoms. The van der Waals surface area contributed by atoms with Crippen LogP contribution in [-0.4, -0.2) is 24.5 Å². The molecular formula is C17H27N3O. The molecule has 2 unspecified atom stereocenters. The van der Waals surface area contributed by atoms with Crippen LogP contribution in [0.5, 0.6) is 0 Å². The molecule has 0 aromatic heterocycles. The van der Waals surface area contributed by atoms with Gasteiger partial charge >= 0.3 is 0 Å². The number of unbranched alkanes of at least 4 members (excludes halogenated alkanes) is 1. The molecule has 116 valence electrons. The van der Waals surface area contributed by atoms with Gasteiger partial charge in [-0.05, 0) is 25.0 Å². The summed E-state index contributed by atoms with van der Waals surface area (Å²) >= 11 is 0. The lowest BCUT2D eigenvalue weighted by Crippen LogP contribution is -2.49. The predicted octanol–water partition coefficient (Wildman–Crippen LogP) is 3.37. The van der Waals surface area contributed by atoms with Crippen LogP contribution in [0.1, 0.15) is 46.0 Å². The third-order valence-electron chi connectivity index (χ3n) is 3.96. The Balaban J connectivity index is 1.91. The van der Waals surface area contributed by atoms with E-state index >= 15 is 0 Å². The lowest BCUT2D eigenvalue weighted by molar-refractivity contribution is -0.122. The monoisotopic (exact) mass is 289 g/mol. The predicted molar refractivity (Wildman–Crippen MR) is 88.7 cm³/mol. The lowest BCUT2D eigenvalue weighted by Gasteiger charge is -2.29. The van der Waals surface area contributed by atoms with Crippen LogP contribution in [0.3, 0.4) is 0 Å². The first-order valence-corrected chi connectivity index (χ1v) is 8.14. The Morgan fingerprint density at radius 2 is 2.00 bits per heavy atom. The normalized spacial score (nSPS) is 18.1. The number of nitrogens with one attached hydrogen (secondary N) is 3. The summed E-state index contributed by atoms with van der Waals surface area (Å²) in [5.74, 6) is 0.103. The molecule has 4 nitrogen and oxygen atoms in total. The molecule has 0 saturated heterocycles. The molecule has 1 aliphatic rings. The Morgan fingerprint density at radius 1 is 1.24 bits per heavy atom. The van der Waals surface area contributed by atoms with Crippen LogP contribution >= 0.6 is 0 Å². The highest BCUT2D eigenvalue weighted by atomic mass is 16.2. The van der Waals surface area contributed by atoms with E-state index in [4.69, 9.17) is 0 Å². The van der Waals surface area contributed by atoms with E-state index in [2.05, 4.69) is 29.8 Å². The van der Waals surface area contributed by atoms with E-state index < -0.39 is 0 Å². The van der Waals surface area contributed by atoms with E-state index in [1.54, 1.807) is 0 Å². The lowest BCUT2D eigenvalue weighted by atomic mass is 10.0. The highest BCUT2D eigenvalue weighted by Crippen LogP contribution is 2.25. The van der Waals surface area contributed by atoms with Crippen molar-refractivity contribution < 1.29 is 4.79 Å². The van der Waals surface area contributed by atoms with Gasteiger partial charge in [-0.25, -0.2) is 0 Å². The van der Waals surface area contributed by atoms with Crippen molar-refractivity contribution in [3.05, 3.63) is 24.3 Å². The van der Waals surface area contributed by atoms with Gasteiger partial charge in [-0.2, -0.15) is 0 Å². The van der Waals surface area contributed by atoms with Crippen molar-refractivity contribution in [2.45, 2.75) is 58.0 Å². The number of hydrogen-bond acceptors (Lipinski definition) is 3. The molecule has 2 rings (SSSR count). The summed E-state index contributed by atoms with van der Waals surface area (Å²) in [4.78, 5) is 12.4. The largest absolute Gasteiger partial charge is 0.381 e. The number of hydrogen-bond donors (Lipinski definition) is 3. The van der Waals surface area contributed by atoms with Crippen LogP contribution in [0.15, 0.2) is 24.3 Å². The fraction of sp³-hybridized carbons (Fsp3) is 0.588. The molecule has 0 radical (unpaired) electrons. The van der Waals surface area contributed by atoms with Crippen molar-refractivity contribution in [3.8, 4) is 0 Å². The fourth-order valence-corrected chi connectivity index (χ4v) is 2.76. The second-order valence-corrected chi connectivity index (χ2v) is 5.76. The maximum Gasteiger partial charge on any atom is 0.244 e. The van der Waals surface area contributed by atoms with E-state index in [0.717, 1.165) is 30.6 Å². The van der Waals surface area contributed by atoms with Gasteiger partial charge in [0.1, 0.15) is 6.04 Å². The maximum absolute atomic E-state index is 12.4. The average molecular weight is 289 g/mol. The molecule has 0 fully saturated rings. The summed E-state index contributed by atoms with van der Waals surface area (Å²) < 4.78 is 0. The number of para-hydroxylation sites is 2. The van der Waals surface area contributed by atoms with Crippen molar-refractivity contribution >= 4 is 17.3 Å². The summed E-state index contributed by atoms with van der Waals surface area (Å²) in [7, 11) is 0. The van der Waals surface area contributed by atoms with E-state index in [0.29, 0.717) is 12.6 Å². The SMILES string of the molecule is CCCCC(CCC)NC(=O)C1CNc2ccccc2N1. The fourth-order valence-electron chi connectivity index (χ4n) is 2.76. The second-order valence-electron chi connectivity index (χ2n) is 5.76. The van der Waals surface area contributed by atoms with Crippen LogP contribution in [-0.2, 0) is 4.79 Å². The zero-order valence-electron chi connectivity index (χ0n) is 13.1. The minimum absolute atomic E-state index is 0.103. The first-order valence-electron chi connectivity index (χ1n) is 8.14. The zero-order chi connectivity index (χ0) is 15.1. The van der Waals surface area contributed by atoms with Gasteiger partial charge in [-0.1, -0.05) is 45.2 Å². The molecular weight excluding hydrogens is 262 g/mol. The topological polar surface area (TPSA) is 53.2 Å². The molecule has 1 heterocycles. The second kappa shape index (κ2) is 7.91. The number of carbonyl (C=O) groups is 1. The Labute approximate surface area is 127 Å². The van der Waals surface area contributed by atoms with Gasteiger partial charge in [0.15, 0.2) is 0 Å². The van der Waals surface area contributed by atoms with E-state index in [1.165, 1.54) is 12.8 Å². The van der Waals surface area contributed by atoms with Crippen LogP contribution in [0.25, 0.3) is 0 Å². The third kappa shape index (κ3) is 4.38. The van der Waals surface area contributed by atoms with Gasteiger partial charge in [0.05, 0.1) is 11.4 Å². The van der Waals surface area contributed by atoms with Crippen molar-refractivity contribution in [2.24, 2.45) is 0 Å². The minimum atomic E-state index is -0.194. The molecule has 1 aliphatic heterocycles. The van der Waals surface area contributed by atoms with Crippen molar-refractivity contribution in [3.63, 3.8) is 0 Å². The highest BCUT2D eigenvalue weighted by Gasteiger charge is 2.24. The molecule has 4 heteroatoms. The quantitative estimate of drug-likeness (QED) is 0.721. The van der Waals surface area contributed by atoms with Gasteiger partial charge in [0, 0.05) is 12.6 Å². The number of carbonyl (C=O) groups excluding carboxylic acids is 1. The Morgan fingerprint density at radius 3 is 2.71 bits per heavy atom. The van der Waals surface area contributed by atoms with Crippen molar-refractivity contribution in [2.75, 3.05) is 17.2 Å². The van der Waals surface area contributed by atoms with Crippen LogP contribution < -0.4 is 16.0 Å². The smallest absolute Gasteiger partial charge is 0.244 e. The molecule has 0 bridgehead atoms. The van der Waals surface area contributed by atoms with Gasteiger partial charge in [-0.3, -0.25) is 4.79 Å². The number of amides is 1. The molecule has 1 amide bonds. The standard InChI is InChI=1S/C17H27N3O/c1-3-5-9-13(8-4-2)19-17(21)16-12-18-14-10-6-7-11-15(14)20-16/h6-7,10-11,13,16,18,20H,3-5,8-9,12H2,1-2H3,(H,19,21). The maximum atomic E-state index is 12.4. The summed E-state index contributed by atoms with van der Waals surface area (Å²) in [5, 5.41) is 9.86. The summed E-state index contributed by atoms with van der Waals surface area (Å²) in [6, 6.07) is 8.12. The number of rotatable bonds is 7. The van der Waals surface area contributed by atoms with Gasteiger partial charge < -0.3 is 16.0 Å². The highest BCUT2D eigenvalue weighted by molar-refractivity contribution is 5.88. The first kappa shape index (κ1) is 15.7. The summed E-state index contributed by atoms with van der Waals surface area (Å²) in [5.41, 5.74) is 2.07. The van der Waals surface area contributed by atoms with E-state index in [1.807, 2.05) is 24.3 Å². The molecule has 3 N–H and O–H groups in total. The number of fused-ring (bicyclic) bond motifs is 1. The average Bonchev–Trinajstić information content (AvgIpc) is 2.52. The molecule has 1 aromatic carbocycles. The van der Waals surface area contributed by atoms with Crippen LogP contribution in [0.2, 0.25) is 0 Å². The molecule has 1 aromatic rings. The third-order valence-corrected chi connectivity index (χ3v) is 3.96. The van der Waals surface area contributed by atoms with Crippen molar-refractivity contribution in [1.82, 2.24) is 5.32 Å². The molecule has 0 saturated carbocycles. The Bertz CT molecular complexity index is 461. The number of anilines is 2. The summed E-state index contributed by atoms with van der Waals surface area (Å²) in [6.07, 6.45) is 5.58. The Hall–Kier alpha value is -1.71. The van der Waals surface area contributed by atoms with E-state index in [9.17, 15) is 4.79 Å². The van der Waals surface area contributed by atoms with Crippen molar-refractivity contribution in [1.29, 1.82) is 0 Å². The number of benzene rings is 1. The van der Waals surface area contributed by atoms with E-state index in [-0.39, 0.29) is 11.9 Å². The van der Waals surface area contributed by atoms with Crippen LogP contribution in [0, 0.1) is 0 Å². The minimum Gasteiger partial charge on any atom is -0.381 e. The Kier molecular flexibility index (Phi) is 5.90. The molecule has 2 atom stereocenters. The van der Waals surface area contributed by atoms with Gasteiger partial charge in [0.25, 0.3) is 0 Å².